The lowest BCUT2D eigenvalue weighted by atomic mass is 9.97. The fourth-order valence-electron chi connectivity index (χ4n) is 2.63. The van der Waals surface area contributed by atoms with E-state index in [1.54, 1.807) is 30.8 Å². The number of carbonyl (C=O) groups excluding carboxylic acids is 2. The van der Waals surface area contributed by atoms with E-state index in [1.807, 2.05) is 18.4 Å². The van der Waals surface area contributed by atoms with Gasteiger partial charge in [-0.3, -0.25) is 4.79 Å². The van der Waals surface area contributed by atoms with Crippen LogP contribution in [0.4, 0.5) is 0 Å². The fraction of sp³-hybridized carbons (Fsp3) is 0.474. The maximum Gasteiger partial charge on any atom is 0.338 e. The lowest BCUT2D eigenvalue weighted by molar-refractivity contribution is -0.129. The summed E-state index contributed by atoms with van der Waals surface area (Å²) in [4.78, 5) is 25.2. The molecular formula is C19H25NO3S. The smallest absolute Gasteiger partial charge is 0.338 e. The standard InChI is InChI=1S/C19H25NO3S/c1-14(18(21)20-13-12-15-6-4-3-5-7-15)23-19(22)16-8-10-17(24-2)11-9-16/h6,8-11,14H,3-5,7,12-13H2,1-2H3,(H,20,21)/t14-/m1/s1. The van der Waals surface area contributed by atoms with Crippen LogP contribution >= 0.6 is 11.8 Å². The number of amides is 1. The van der Waals surface area contributed by atoms with Crippen molar-refractivity contribution in [3.63, 3.8) is 0 Å². The summed E-state index contributed by atoms with van der Waals surface area (Å²) in [5, 5.41) is 2.84. The molecule has 0 aromatic heterocycles. The number of hydrogen-bond acceptors (Lipinski definition) is 4. The molecule has 1 N–H and O–H groups in total. The highest BCUT2D eigenvalue weighted by Gasteiger charge is 2.18. The topological polar surface area (TPSA) is 55.4 Å². The molecule has 130 valence electrons. The van der Waals surface area contributed by atoms with Gasteiger partial charge in [-0.1, -0.05) is 11.6 Å². The molecule has 1 aromatic carbocycles. The Labute approximate surface area is 148 Å². The van der Waals surface area contributed by atoms with Crippen molar-refractivity contribution < 1.29 is 14.3 Å². The SMILES string of the molecule is CSc1ccc(C(=O)O[C@H](C)C(=O)NCCC2=CCCCC2)cc1. The third-order valence-corrected chi connectivity index (χ3v) is 4.85. The quantitative estimate of drug-likeness (QED) is 0.461. The summed E-state index contributed by atoms with van der Waals surface area (Å²) < 4.78 is 5.24. The zero-order valence-electron chi connectivity index (χ0n) is 14.3. The molecule has 1 aliphatic rings. The second-order valence-corrected chi connectivity index (χ2v) is 6.80. The molecule has 1 aliphatic carbocycles. The van der Waals surface area contributed by atoms with Gasteiger partial charge in [0.15, 0.2) is 6.10 Å². The molecule has 0 unspecified atom stereocenters. The molecule has 24 heavy (non-hydrogen) atoms. The molecular weight excluding hydrogens is 322 g/mol. The van der Waals surface area contributed by atoms with E-state index in [-0.39, 0.29) is 5.91 Å². The molecule has 1 atom stereocenters. The van der Waals surface area contributed by atoms with Gasteiger partial charge >= 0.3 is 5.97 Å². The van der Waals surface area contributed by atoms with Crippen molar-refractivity contribution in [2.75, 3.05) is 12.8 Å². The first-order valence-electron chi connectivity index (χ1n) is 8.41. The Balaban J connectivity index is 1.75. The van der Waals surface area contributed by atoms with E-state index in [9.17, 15) is 9.59 Å². The number of esters is 1. The van der Waals surface area contributed by atoms with Crippen LogP contribution in [0.1, 0.15) is 49.4 Å². The number of nitrogens with one attached hydrogen (secondary N) is 1. The van der Waals surface area contributed by atoms with Crippen LogP contribution in [0.15, 0.2) is 40.8 Å². The largest absolute Gasteiger partial charge is 0.449 e. The Bertz CT molecular complexity index is 595. The molecule has 0 saturated carbocycles. The minimum atomic E-state index is -0.793. The van der Waals surface area contributed by atoms with Gasteiger partial charge in [-0.2, -0.15) is 0 Å². The lowest BCUT2D eigenvalue weighted by Gasteiger charge is -2.15. The molecule has 0 bridgehead atoms. The first-order valence-corrected chi connectivity index (χ1v) is 9.63. The number of hydrogen-bond donors (Lipinski definition) is 1. The molecule has 0 saturated heterocycles. The first kappa shape index (κ1) is 18.6. The zero-order valence-corrected chi connectivity index (χ0v) is 15.2. The van der Waals surface area contributed by atoms with Crippen molar-refractivity contribution in [3.8, 4) is 0 Å². The molecule has 0 spiro atoms. The van der Waals surface area contributed by atoms with Crippen LogP contribution < -0.4 is 5.32 Å². The summed E-state index contributed by atoms with van der Waals surface area (Å²) in [6.45, 7) is 2.19. The van der Waals surface area contributed by atoms with Crippen LogP contribution in [-0.2, 0) is 9.53 Å². The highest BCUT2D eigenvalue weighted by atomic mass is 32.2. The monoisotopic (exact) mass is 347 g/mol. The van der Waals surface area contributed by atoms with E-state index in [0.29, 0.717) is 12.1 Å². The molecule has 4 nitrogen and oxygen atoms in total. The van der Waals surface area contributed by atoms with Crippen molar-refractivity contribution in [3.05, 3.63) is 41.5 Å². The fourth-order valence-corrected chi connectivity index (χ4v) is 3.04. The van der Waals surface area contributed by atoms with Crippen molar-refractivity contribution >= 4 is 23.6 Å². The molecule has 2 rings (SSSR count). The van der Waals surface area contributed by atoms with Crippen molar-refractivity contribution in [1.82, 2.24) is 5.32 Å². The Kier molecular flexibility index (Phi) is 7.37. The highest BCUT2D eigenvalue weighted by molar-refractivity contribution is 7.98. The Morgan fingerprint density at radius 1 is 1.25 bits per heavy atom. The number of carbonyl (C=O) groups is 2. The van der Waals surface area contributed by atoms with Gasteiger partial charge in [-0.05, 0) is 69.5 Å². The highest BCUT2D eigenvalue weighted by Crippen LogP contribution is 2.19. The predicted octanol–water partition coefficient (Wildman–Crippen LogP) is 3.96. The van der Waals surface area contributed by atoms with Crippen LogP contribution in [0.25, 0.3) is 0 Å². The van der Waals surface area contributed by atoms with Crippen LogP contribution in [0.2, 0.25) is 0 Å². The summed E-state index contributed by atoms with van der Waals surface area (Å²) in [6.07, 6.45) is 9.12. The van der Waals surface area contributed by atoms with Crippen molar-refractivity contribution in [2.45, 2.75) is 50.0 Å². The lowest BCUT2D eigenvalue weighted by Crippen LogP contribution is -2.36. The summed E-state index contributed by atoms with van der Waals surface area (Å²) in [6, 6.07) is 7.16. The average Bonchev–Trinajstić information content (AvgIpc) is 2.62. The Morgan fingerprint density at radius 2 is 2.00 bits per heavy atom. The number of rotatable bonds is 7. The van der Waals surface area contributed by atoms with Crippen LogP contribution in [-0.4, -0.2) is 30.8 Å². The van der Waals surface area contributed by atoms with E-state index in [1.165, 1.54) is 18.4 Å². The van der Waals surface area contributed by atoms with Gasteiger partial charge < -0.3 is 10.1 Å². The third-order valence-electron chi connectivity index (χ3n) is 4.11. The van der Waals surface area contributed by atoms with Gasteiger partial charge in [0.05, 0.1) is 5.56 Å². The summed E-state index contributed by atoms with van der Waals surface area (Å²) in [7, 11) is 0. The van der Waals surface area contributed by atoms with E-state index < -0.39 is 12.1 Å². The van der Waals surface area contributed by atoms with Crippen LogP contribution in [0.3, 0.4) is 0 Å². The maximum absolute atomic E-state index is 12.1. The average molecular weight is 347 g/mol. The molecule has 1 aromatic rings. The predicted molar refractivity (Wildman–Crippen MR) is 97.3 cm³/mol. The molecule has 5 heteroatoms. The third kappa shape index (κ3) is 5.71. The van der Waals surface area contributed by atoms with Crippen molar-refractivity contribution in [2.24, 2.45) is 0 Å². The molecule has 0 radical (unpaired) electrons. The number of allylic oxidation sites excluding steroid dienone is 1. The van der Waals surface area contributed by atoms with E-state index in [4.69, 9.17) is 4.74 Å². The normalized spacial score (nSPS) is 15.3. The van der Waals surface area contributed by atoms with Gasteiger partial charge in [-0.25, -0.2) is 4.79 Å². The van der Waals surface area contributed by atoms with E-state index in [2.05, 4.69) is 11.4 Å². The minimum absolute atomic E-state index is 0.250. The van der Waals surface area contributed by atoms with E-state index in [0.717, 1.165) is 24.2 Å². The zero-order chi connectivity index (χ0) is 17.4. The number of ether oxygens (including phenoxy) is 1. The maximum atomic E-state index is 12.1. The minimum Gasteiger partial charge on any atom is -0.449 e. The molecule has 0 fully saturated rings. The summed E-state index contributed by atoms with van der Waals surface area (Å²) in [5.41, 5.74) is 1.87. The van der Waals surface area contributed by atoms with E-state index >= 15 is 0 Å². The number of benzene rings is 1. The summed E-state index contributed by atoms with van der Waals surface area (Å²) >= 11 is 1.61. The molecule has 1 amide bonds. The Morgan fingerprint density at radius 3 is 2.62 bits per heavy atom. The molecule has 0 heterocycles. The van der Waals surface area contributed by atoms with Crippen LogP contribution in [0, 0.1) is 0 Å². The molecule has 0 aliphatic heterocycles. The van der Waals surface area contributed by atoms with Gasteiger partial charge in [0.1, 0.15) is 0 Å². The van der Waals surface area contributed by atoms with Gasteiger partial charge in [-0.15, -0.1) is 11.8 Å². The van der Waals surface area contributed by atoms with Gasteiger partial charge in [0.25, 0.3) is 5.91 Å². The second-order valence-electron chi connectivity index (χ2n) is 5.93. The van der Waals surface area contributed by atoms with Gasteiger partial charge in [0, 0.05) is 11.4 Å². The summed E-state index contributed by atoms with van der Waals surface area (Å²) in [5.74, 6) is -0.721. The number of thioether (sulfide) groups is 1. The van der Waals surface area contributed by atoms with Crippen LogP contribution in [0.5, 0.6) is 0 Å². The first-order chi connectivity index (χ1) is 11.6. The Hall–Kier alpha value is -1.75. The second kappa shape index (κ2) is 9.52. The van der Waals surface area contributed by atoms with Crippen molar-refractivity contribution in [1.29, 1.82) is 0 Å². The van der Waals surface area contributed by atoms with Gasteiger partial charge in [0.2, 0.25) is 0 Å².